The molecule has 0 aromatic heterocycles. The van der Waals surface area contributed by atoms with Gasteiger partial charge in [-0.05, 0) is 30.0 Å². The van der Waals surface area contributed by atoms with Crippen molar-refractivity contribution in [2.75, 3.05) is 20.3 Å². The van der Waals surface area contributed by atoms with Crippen molar-refractivity contribution in [1.82, 2.24) is 0 Å². The highest BCUT2D eigenvalue weighted by Crippen LogP contribution is 2.26. The monoisotopic (exact) mass is 271 g/mol. The van der Waals surface area contributed by atoms with E-state index >= 15 is 0 Å². The second-order valence-corrected chi connectivity index (χ2v) is 5.13. The normalized spacial score (nSPS) is 12.8. The molecule has 0 bridgehead atoms. The minimum absolute atomic E-state index is 0.151. The Kier molecular flexibility index (Phi) is 6.47. The Morgan fingerprint density at radius 2 is 2.00 bits per heavy atom. The topological polar surface area (TPSA) is 44.5 Å². The van der Waals surface area contributed by atoms with E-state index in [1.54, 1.807) is 7.11 Å². The number of benzene rings is 1. The minimum atomic E-state index is 0.151. The first-order chi connectivity index (χ1) is 8.54. The molecule has 0 saturated heterocycles. The summed E-state index contributed by atoms with van der Waals surface area (Å²) in [5.41, 5.74) is 7.21. The Balaban J connectivity index is 2.67. The smallest absolute Gasteiger partial charge is 0.138 e. The van der Waals surface area contributed by atoms with Gasteiger partial charge in [-0.25, -0.2) is 0 Å². The first-order valence-corrected chi connectivity index (χ1v) is 6.58. The Morgan fingerprint density at radius 1 is 1.28 bits per heavy atom. The van der Waals surface area contributed by atoms with E-state index in [1.165, 1.54) is 0 Å². The zero-order valence-electron chi connectivity index (χ0n) is 11.3. The van der Waals surface area contributed by atoms with Gasteiger partial charge < -0.3 is 15.2 Å². The van der Waals surface area contributed by atoms with Gasteiger partial charge in [-0.15, -0.1) is 0 Å². The van der Waals surface area contributed by atoms with E-state index in [9.17, 15) is 0 Å². The second kappa shape index (κ2) is 7.62. The van der Waals surface area contributed by atoms with E-state index in [4.69, 9.17) is 26.8 Å². The summed E-state index contributed by atoms with van der Waals surface area (Å²) in [6.45, 7) is 5.29. The number of ether oxygens (including phenoxy) is 2. The van der Waals surface area contributed by atoms with Crippen LogP contribution in [0, 0.1) is 5.92 Å². The van der Waals surface area contributed by atoms with Crippen LogP contribution < -0.4 is 10.5 Å². The fourth-order valence-electron chi connectivity index (χ4n) is 1.53. The molecule has 0 spiro atoms. The molecule has 0 heterocycles. The molecular weight excluding hydrogens is 250 g/mol. The predicted octanol–water partition coefficient (Wildman–Crippen LogP) is 2.89. The predicted molar refractivity (Wildman–Crippen MR) is 75.3 cm³/mol. The van der Waals surface area contributed by atoms with Gasteiger partial charge in [0.2, 0.25) is 0 Å². The summed E-state index contributed by atoms with van der Waals surface area (Å²) in [5.74, 6) is 1.15. The maximum atomic E-state index is 6.08. The van der Waals surface area contributed by atoms with Crippen molar-refractivity contribution in [2.45, 2.75) is 26.3 Å². The summed E-state index contributed by atoms with van der Waals surface area (Å²) in [5, 5.41) is 0.618. The van der Waals surface area contributed by atoms with E-state index in [0.29, 0.717) is 29.9 Å². The maximum Gasteiger partial charge on any atom is 0.138 e. The molecule has 1 atom stereocenters. The van der Waals surface area contributed by atoms with E-state index in [1.807, 2.05) is 18.2 Å². The average molecular weight is 272 g/mol. The van der Waals surface area contributed by atoms with Gasteiger partial charge in [0, 0.05) is 13.2 Å². The van der Waals surface area contributed by atoms with E-state index < -0.39 is 0 Å². The number of hydrogen-bond acceptors (Lipinski definition) is 3. The SMILES string of the molecule is COCCOc1cc(CC(N)C(C)C)ccc1Cl. The molecule has 4 heteroatoms. The van der Waals surface area contributed by atoms with Crippen LogP contribution in [0.15, 0.2) is 18.2 Å². The van der Waals surface area contributed by atoms with Gasteiger partial charge in [0.05, 0.1) is 11.6 Å². The lowest BCUT2D eigenvalue weighted by atomic mass is 9.97. The van der Waals surface area contributed by atoms with Crippen LogP contribution in [0.1, 0.15) is 19.4 Å². The summed E-state index contributed by atoms with van der Waals surface area (Å²) in [6.07, 6.45) is 0.829. The quantitative estimate of drug-likeness (QED) is 0.776. The molecule has 0 saturated carbocycles. The molecule has 3 nitrogen and oxygen atoms in total. The lowest BCUT2D eigenvalue weighted by molar-refractivity contribution is 0.146. The Morgan fingerprint density at radius 3 is 2.61 bits per heavy atom. The van der Waals surface area contributed by atoms with Crippen LogP contribution in [0.25, 0.3) is 0 Å². The molecule has 0 amide bonds. The molecule has 0 aliphatic carbocycles. The van der Waals surface area contributed by atoms with Crippen LogP contribution in [0.4, 0.5) is 0 Å². The fourth-order valence-corrected chi connectivity index (χ4v) is 1.70. The summed E-state index contributed by atoms with van der Waals surface area (Å²) >= 11 is 6.08. The van der Waals surface area contributed by atoms with Gasteiger partial charge in [0.25, 0.3) is 0 Å². The third-order valence-electron chi connectivity index (χ3n) is 2.87. The van der Waals surface area contributed by atoms with Crippen molar-refractivity contribution in [1.29, 1.82) is 0 Å². The van der Waals surface area contributed by atoms with Crippen LogP contribution in [0.2, 0.25) is 5.02 Å². The number of hydrogen-bond donors (Lipinski definition) is 1. The summed E-state index contributed by atoms with van der Waals surface area (Å²) in [6, 6.07) is 5.96. The van der Waals surface area contributed by atoms with Crippen LogP contribution in [0.5, 0.6) is 5.75 Å². The first kappa shape index (κ1) is 15.3. The van der Waals surface area contributed by atoms with Crippen molar-refractivity contribution in [3.63, 3.8) is 0 Å². The highest BCUT2D eigenvalue weighted by Gasteiger charge is 2.10. The molecule has 1 aromatic rings. The zero-order valence-corrected chi connectivity index (χ0v) is 12.0. The summed E-state index contributed by atoms with van der Waals surface area (Å²) in [7, 11) is 1.64. The van der Waals surface area contributed by atoms with Gasteiger partial charge in [-0.2, -0.15) is 0 Å². The molecule has 2 N–H and O–H groups in total. The molecule has 0 aliphatic rings. The van der Waals surface area contributed by atoms with Gasteiger partial charge in [-0.1, -0.05) is 31.5 Å². The van der Waals surface area contributed by atoms with Crippen LogP contribution >= 0.6 is 11.6 Å². The highest BCUT2D eigenvalue weighted by atomic mass is 35.5. The molecule has 0 radical (unpaired) electrons. The molecule has 1 aromatic carbocycles. The van der Waals surface area contributed by atoms with Crippen molar-refractivity contribution >= 4 is 11.6 Å². The van der Waals surface area contributed by atoms with E-state index in [-0.39, 0.29) is 6.04 Å². The molecule has 1 unspecified atom stereocenters. The molecule has 0 aliphatic heterocycles. The minimum Gasteiger partial charge on any atom is -0.490 e. The highest BCUT2D eigenvalue weighted by molar-refractivity contribution is 6.32. The van der Waals surface area contributed by atoms with Crippen molar-refractivity contribution in [2.24, 2.45) is 11.7 Å². The third kappa shape index (κ3) is 4.84. The van der Waals surface area contributed by atoms with Gasteiger partial charge in [-0.3, -0.25) is 0 Å². The maximum absolute atomic E-state index is 6.08. The Bertz CT molecular complexity index is 369. The van der Waals surface area contributed by atoms with Gasteiger partial charge in [0.1, 0.15) is 12.4 Å². The second-order valence-electron chi connectivity index (χ2n) is 4.72. The Hall–Kier alpha value is -0.770. The summed E-state index contributed by atoms with van der Waals surface area (Å²) in [4.78, 5) is 0. The molecule has 18 heavy (non-hydrogen) atoms. The molecule has 102 valence electrons. The first-order valence-electron chi connectivity index (χ1n) is 6.20. The standard InChI is InChI=1S/C14H22ClNO2/c1-10(2)13(16)8-11-4-5-12(15)14(9-11)18-7-6-17-3/h4-5,9-10,13H,6-8,16H2,1-3H3. The number of nitrogens with two attached hydrogens (primary N) is 1. The van der Waals surface area contributed by atoms with Gasteiger partial charge >= 0.3 is 0 Å². The average Bonchev–Trinajstić information content (AvgIpc) is 2.33. The zero-order chi connectivity index (χ0) is 13.5. The summed E-state index contributed by atoms with van der Waals surface area (Å²) < 4.78 is 10.5. The lowest BCUT2D eigenvalue weighted by Gasteiger charge is -2.16. The molecule has 1 rings (SSSR count). The molecular formula is C14H22ClNO2. The third-order valence-corrected chi connectivity index (χ3v) is 3.18. The van der Waals surface area contributed by atoms with Crippen LogP contribution in [-0.2, 0) is 11.2 Å². The van der Waals surface area contributed by atoms with E-state index in [2.05, 4.69) is 13.8 Å². The fraction of sp³-hybridized carbons (Fsp3) is 0.571. The van der Waals surface area contributed by atoms with Crippen molar-refractivity contribution < 1.29 is 9.47 Å². The van der Waals surface area contributed by atoms with E-state index in [0.717, 1.165) is 12.0 Å². The number of halogens is 1. The van der Waals surface area contributed by atoms with Gasteiger partial charge in [0.15, 0.2) is 0 Å². The molecule has 0 fully saturated rings. The van der Waals surface area contributed by atoms with Crippen molar-refractivity contribution in [3.05, 3.63) is 28.8 Å². The van der Waals surface area contributed by atoms with Crippen LogP contribution in [0.3, 0.4) is 0 Å². The largest absolute Gasteiger partial charge is 0.490 e. The van der Waals surface area contributed by atoms with Crippen LogP contribution in [-0.4, -0.2) is 26.4 Å². The van der Waals surface area contributed by atoms with Crippen molar-refractivity contribution in [3.8, 4) is 5.75 Å². The lowest BCUT2D eigenvalue weighted by Crippen LogP contribution is -2.28. The number of rotatable bonds is 7. The Labute approximate surface area is 114 Å². The number of methoxy groups -OCH3 is 1.